The Hall–Kier alpha value is -2.69. The van der Waals surface area contributed by atoms with Gasteiger partial charge in [-0.1, -0.05) is 17.7 Å². The molecular weight excluding hydrogens is 326 g/mol. The number of pyridine rings is 1. The lowest BCUT2D eigenvalue weighted by molar-refractivity contribution is -0.124. The second kappa shape index (κ2) is 9.13. The van der Waals surface area contributed by atoms with Crippen LogP contribution >= 0.6 is 0 Å². The topological polar surface area (TPSA) is 71.1 Å². The van der Waals surface area contributed by atoms with Gasteiger partial charge < -0.3 is 10.6 Å². The van der Waals surface area contributed by atoms with Crippen molar-refractivity contribution in [1.82, 2.24) is 10.3 Å². The molecule has 138 valence electrons. The zero-order valence-corrected chi connectivity index (χ0v) is 15.9. The second-order valence-corrected chi connectivity index (χ2v) is 6.85. The van der Waals surface area contributed by atoms with Crippen LogP contribution in [0.5, 0.6) is 0 Å². The molecule has 0 radical (unpaired) electrons. The van der Waals surface area contributed by atoms with Crippen molar-refractivity contribution >= 4 is 17.5 Å². The Kier molecular flexibility index (Phi) is 6.89. The zero-order chi connectivity index (χ0) is 19.1. The van der Waals surface area contributed by atoms with Crippen LogP contribution in [0.15, 0.2) is 36.7 Å². The molecule has 0 unspecified atom stereocenters. The number of aryl methyl sites for hydroxylation is 3. The van der Waals surface area contributed by atoms with Crippen molar-refractivity contribution in [3.63, 3.8) is 0 Å². The molecule has 1 heterocycles. The first-order chi connectivity index (χ1) is 12.3. The molecule has 1 atom stereocenters. The predicted octanol–water partition coefficient (Wildman–Crippen LogP) is 3.47. The lowest BCUT2D eigenvalue weighted by atomic mass is 10.0. The maximum Gasteiger partial charge on any atom is 0.224 e. The van der Waals surface area contributed by atoms with Gasteiger partial charge in [0.05, 0.1) is 0 Å². The molecule has 0 fully saturated rings. The van der Waals surface area contributed by atoms with E-state index in [-0.39, 0.29) is 30.7 Å². The molecule has 1 aromatic carbocycles. The second-order valence-electron chi connectivity index (χ2n) is 6.85. The van der Waals surface area contributed by atoms with Crippen LogP contribution in [0.1, 0.15) is 42.0 Å². The van der Waals surface area contributed by atoms with Gasteiger partial charge in [0.1, 0.15) is 0 Å². The van der Waals surface area contributed by atoms with Gasteiger partial charge in [-0.05, 0) is 62.9 Å². The number of hydrogen-bond donors (Lipinski definition) is 2. The van der Waals surface area contributed by atoms with Crippen molar-refractivity contribution in [3.05, 3.63) is 58.9 Å². The van der Waals surface area contributed by atoms with Crippen LogP contribution in [0.25, 0.3) is 0 Å². The summed E-state index contributed by atoms with van der Waals surface area (Å²) in [6, 6.07) is 7.95. The molecular formula is C21H27N3O2. The van der Waals surface area contributed by atoms with Crippen LogP contribution in [0.2, 0.25) is 0 Å². The van der Waals surface area contributed by atoms with Gasteiger partial charge in [0.25, 0.3) is 0 Å². The van der Waals surface area contributed by atoms with Crippen LogP contribution < -0.4 is 10.6 Å². The highest BCUT2D eigenvalue weighted by Crippen LogP contribution is 2.22. The molecule has 2 amide bonds. The molecule has 5 heteroatoms. The first-order valence-corrected chi connectivity index (χ1v) is 8.91. The minimum Gasteiger partial charge on any atom is -0.353 e. The Morgan fingerprint density at radius 3 is 2.19 bits per heavy atom. The smallest absolute Gasteiger partial charge is 0.224 e. The summed E-state index contributed by atoms with van der Waals surface area (Å²) >= 11 is 0. The predicted molar refractivity (Wildman–Crippen MR) is 104 cm³/mol. The largest absolute Gasteiger partial charge is 0.353 e. The maximum atomic E-state index is 12.2. The van der Waals surface area contributed by atoms with Crippen molar-refractivity contribution in [1.29, 1.82) is 0 Å². The zero-order valence-electron chi connectivity index (χ0n) is 15.9. The summed E-state index contributed by atoms with van der Waals surface area (Å²) in [5.41, 5.74) is 5.20. The molecule has 2 N–H and O–H groups in total. The highest BCUT2D eigenvalue weighted by molar-refractivity contribution is 5.94. The molecule has 0 bridgehead atoms. The van der Waals surface area contributed by atoms with Crippen molar-refractivity contribution in [3.8, 4) is 0 Å². The first-order valence-electron chi connectivity index (χ1n) is 8.91. The minimum absolute atomic E-state index is 0.00884. The quantitative estimate of drug-likeness (QED) is 0.801. The Morgan fingerprint density at radius 2 is 1.58 bits per heavy atom. The summed E-state index contributed by atoms with van der Waals surface area (Å²) in [4.78, 5) is 28.2. The summed E-state index contributed by atoms with van der Waals surface area (Å²) in [6.07, 6.45) is 4.56. The number of rotatable bonds is 7. The SMILES string of the molecule is Cc1cc(C)c(NC(=O)CCC(=O)N[C@H](C)Cc2ccncc2)c(C)c1. The third-order valence-corrected chi connectivity index (χ3v) is 4.22. The third-order valence-electron chi connectivity index (χ3n) is 4.22. The number of hydrogen-bond acceptors (Lipinski definition) is 3. The fraction of sp³-hybridized carbons (Fsp3) is 0.381. The van der Waals surface area contributed by atoms with E-state index < -0.39 is 0 Å². The third kappa shape index (κ3) is 5.99. The van der Waals surface area contributed by atoms with E-state index in [2.05, 4.69) is 15.6 Å². The number of aromatic nitrogens is 1. The van der Waals surface area contributed by atoms with Gasteiger partial charge in [-0.15, -0.1) is 0 Å². The van der Waals surface area contributed by atoms with Crippen molar-refractivity contribution in [2.24, 2.45) is 0 Å². The number of benzene rings is 1. The van der Waals surface area contributed by atoms with E-state index in [0.29, 0.717) is 0 Å². The lowest BCUT2D eigenvalue weighted by Crippen LogP contribution is -2.34. The van der Waals surface area contributed by atoms with Gasteiger partial charge in [0, 0.05) is 37.0 Å². The first kappa shape index (κ1) is 19.6. The number of carbonyl (C=O) groups excluding carboxylic acids is 2. The Bertz CT molecular complexity index is 749. The van der Waals surface area contributed by atoms with Gasteiger partial charge >= 0.3 is 0 Å². The highest BCUT2D eigenvalue weighted by Gasteiger charge is 2.12. The molecule has 0 spiro atoms. The molecule has 0 aliphatic carbocycles. The molecule has 0 saturated carbocycles. The van der Waals surface area contributed by atoms with Gasteiger partial charge in [-0.2, -0.15) is 0 Å². The molecule has 5 nitrogen and oxygen atoms in total. The fourth-order valence-corrected chi connectivity index (χ4v) is 3.08. The summed E-state index contributed by atoms with van der Waals surface area (Å²) in [5.74, 6) is -0.254. The normalized spacial score (nSPS) is 11.7. The summed E-state index contributed by atoms with van der Waals surface area (Å²) in [7, 11) is 0. The van der Waals surface area contributed by atoms with E-state index in [4.69, 9.17) is 0 Å². The average molecular weight is 353 g/mol. The Labute approximate surface area is 155 Å². The van der Waals surface area contributed by atoms with Crippen LogP contribution in [0.3, 0.4) is 0 Å². The van der Waals surface area contributed by atoms with Crippen molar-refractivity contribution in [2.75, 3.05) is 5.32 Å². The maximum absolute atomic E-state index is 12.2. The van der Waals surface area contributed by atoms with E-state index >= 15 is 0 Å². The van der Waals surface area contributed by atoms with Crippen LogP contribution in [0, 0.1) is 20.8 Å². The van der Waals surface area contributed by atoms with Crippen molar-refractivity contribution in [2.45, 2.75) is 53.0 Å². The molecule has 1 aromatic heterocycles. The number of carbonyl (C=O) groups is 2. The van der Waals surface area contributed by atoms with Crippen LogP contribution in [-0.2, 0) is 16.0 Å². The van der Waals surface area contributed by atoms with E-state index in [9.17, 15) is 9.59 Å². The Balaban J connectivity index is 1.79. The molecule has 2 aromatic rings. The number of amides is 2. The van der Waals surface area contributed by atoms with E-state index in [1.807, 2.05) is 52.0 Å². The molecule has 2 rings (SSSR count). The van der Waals surface area contributed by atoms with Crippen LogP contribution in [0.4, 0.5) is 5.69 Å². The van der Waals surface area contributed by atoms with Gasteiger partial charge in [0.15, 0.2) is 0 Å². The number of anilines is 1. The van der Waals surface area contributed by atoms with Crippen LogP contribution in [-0.4, -0.2) is 22.8 Å². The van der Waals surface area contributed by atoms with E-state index in [1.54, 1.807) is 12.4 Å². The minimum atomic E-state index is -0.142. The molecule has 0 aliphatic heterocycles. The standard InChI is InChI=1S/C21H27N3O2/c1-14-11-15(2)21(16(3)12-14)24-20(26)6-5-19(25)23-17(4)13-18-7-9-22-10-8-18/h7-12,17H,5-6,13H2,1-4H3,(H,23,25)(H,24,26)/t17-/m1/s1. The van der Waals surface area contributed by atoms with Gasteiger partial charge in [-0.3, -0.25) is 14.6 Å². The van der Waals surface area contributed by atoms with Crippen molar-refractivity contribution < 1.29 is 9.59 Å². The highest BCUT2D eigenvalue weighted by atomic mass is 16.2. The van der Waals surface area contributed by atoms with E-state index in [0.717, 1.165) is 28.8 Å². The summed E-state index contributed by atoms with van der Waals surface area (Å²) < 4.78 is 0. The van der Waals surface area contributed by atoms with E-state index in [1.165, 1.54) is 5.56 Å². The lowest BCUT2D eigenvalue weighted by Gasteiger charge is -2.15. The van der Waals surface area contributed by atoms with Gasteiger partial charge in [-0.25, -0.2) is 0 Å². The number of nitrogens with one attached hydrogen (secondary N) is 2. The molecule has 0 saturated heterocycles. The summed E-state index contributed by atoms with van der Waals surface area (Å²) in [6.45, 7) is 7.94. The average Bonchev–Trinajstić information content (AvgIpc) is 2.57. The monoisotopic (exact) mass is 353 g/mol. The Morgan fingerprint density at radius 1 is 1.00 bits per heavy atom. The summed E-state index contributed by atoms with van der Waals surface area (Å²) in [5, 5.41) is 5.87. The molecule has 26 heavy (non-hydrogen) atoms. The number of nitrogens with zero attached hydrogens (tertiary/aromatic N) is 1. The fourth-order valence-electron chi connectivity index (χ4n) is 3.08. The molecule has 0 aliphatic rings. The van der Waals surface area contributed by atoms with Gasteiger partial charge in [0.2, 0.25) is 11.8 Å².